The van der Waals surface area contributed by atoms with Crippen LogP contribution in [0.2, 0.25) is 10.0 Å². The Morgan fingerprint density at radius 1 is 1.16 bits per heavy atom. The highest BCUT2D eigenvalue weighted by Gasteiger charge is 2.53. The Hall–Kier alpha value is -1.79. The first kappa shape index (κ1) is 27.8. The highest BCUT2D eigenvalue weighted by atomic mass is 35.5. The highest BCUT2D eigenvalue weighted by molar-refractivity contribution is 6.42. The molecule has 38 heavy (non-hydrogen) atoms. The van der Waals surface area contributed by atoms with Crippen LogP contribution in [0.1, 0.15) is 57.1 Å². The Morgan fingerprint density at radius 2 is 1.95 bits per heavy atom. The van der Waals surface area contributed by atoms with Gasteiger partial charge in [0, 0.05) is 37.0 Å². The van der Waals surface area contributed by atoms with Crippen molar-refractivity contribution < 1.29 is 15.0 Å². The molecule has 0 radical (unpaired) electrons. The van der Waals surface area contributed by atoms with Crippen LogP contribution in [0, 0.1) is 17.8 Å². The second kappa shape index (κ2) is 11.4. The summed E-state index contributed by atoms with van der Waals surface area (Å²) in [7, 11) is 0. The van der Waals surface area contributed by atoms with Crippen molar-refractivity contribution in [1.82, 2.24) is 9.80 Å². The molecule has 2 aromatic carbocycles. The number of carbonyl (C=O) groups excluding carboxylic acids is 1. The molecule has 3 fully saturated rings. The minimum atomic E-state index is -0.523. The van der Waals surface area contributed by atoms with Crippen molar-refractivity contribution in [3.8, 4) is 5.75 Å². The van der Waals surface area contributed by atoms with E-state index in [1.165, 1.54) is 12.8 Å². The van der Waals surface area contributed by atoms with Crippen molar-refractivity contribution in [3.05, 3.63) is 63.6 Å². The molecule has 5 nitrogen and oxygen atoms in total. The molecule has 2 N–H and O–H groups in total. The van der Waals surface area contributed by atoms with E-state index in [4.69, 9.17) is 23.2 Å². The van der Waals surface area contributed by atoms with Crippen LogP contribution >= 0.6 is 23.2 Å². The smallest absolute Gasteiger partial charge is 0.227 e. The van der Waals surface area contributed by atoms with Gasteiger partial charge in [0.1, 0.15) is 5.75 Å². The predicted octanol–water partition coefficient (Wildman–Crippen LogP) is 5.92. The second-order valence-electron chi connectivity index (χ2n) is 12.3. The third kappa shape index (κ3) is 6.01. The number of fused-ring (bicyclic) bond motifs is 1. The van der Waals surface area contributed by atoms with Crippen LogP contribution in [0.15, 0.2) is 42.5 Å². The van der Waals surface area contributed by atoms with E-state index in [1.54, 1.807) is 18.2 Å². The molecule has 2 saturated carbocycles. The summed E-state index contributed by atoms with van der Waals surface area (Å²) in [5, 5.41) is 23.0. The van der Waals surface area contributed by atoms with Gasteiger partial charge in [0.2, 0.25) is 5.91 Å². The van der Waals surface area contributed by atoms with Gasteiger partial charge in [0.25, 0.3) is 0 Å². The van der Waals surface area contributed by atoms with Crippen molar-refractivity contribution in [2.75, 3.05) is 26.2 Å². The van der Waals surface area contributed by atoms with Crippen LogP contribution in [0.4, 0.5) is 0 Å². The van der Waals surface area contributed by atoms with E-state index >= 15 is 0 Å². The molecule has 2 aliphatic carbocycles. The standard InChI is InChI=1S/C31H40Cl2N2O3/c1-20(2)17-35(30(38)13-22-8-9-27(32)28(33)12-22)24-15-29(37)26-19-34(18-21-6-7-21)11-10-31(26,16-24)23-4-3-5-25(36)14-23/h3-5,8-9,12,14,20-21,24,26,29,36-37H,6-7,10-11,13,15-19H2,1-2H3/t24-,26+,29?,31+/m1/s1. The Morgan fingerprint density at radius 3 is 2.63 bits per heavy atom. The number of halogens is 2. The number of aromatic hydroxyl groups is 1. The average Bonchev–Trinajstić information content (AvgIpc) is 3.69. The van der Waals surface area contributed by atoms with E-state index in [-0.39, 0.29) is 35.5 Å². The van der Waals surface area contributed by atoms with E-state index < -0.39 is 6.10 Å². The Balaban J connectivity index is 1.44. The van der Waals surface area contributed by atoms with Gasteiger partial charge in [-0.05, 0) is 85.9 Å². The number of benzene rings is 2. The van der Waals surface area contributed by atoms with Crippen LogP contribution in [0.3, 0.4) is 0 Å². The van der Waals surface area contributed by atoms with Crippen LogP contribution in [0.5, 0.6) is 5.75 Å². The number of hydrogen-bond donors (Lipinski definition) is 2. The summed E-state index contributed by atoms with van der Waals surface area (Å²) in [5.41, 5.74) is 1.63. The Labute approximate surface area is 236 Å². The zero-order valence-corrected chi connectivity index (χ0v) is 24.0. The van der Waals surface area contributed by atoms with E-state index in [2.05, 4.69) is 24.8 Å². The van der Waals surface area contributed by atoms with Gasteiger partial charge in [-0.2, -0.15) is 0 Å². The summed E-state index contributed by atoms with van der Waals surface area (Å²) >= 11 is 12.3. The number of amides is 1. The summed E-state index contributed by atoms with van der Waals surface area (Å²) in [6.07, 6.45) is 4.62. The zero-order chi connectivity index (χ0) is 27.0. The number of rotatable bonds is 8. The maximum Gasteiger partial charge on any atom is 0.227 e. The molecule has 1 unspecified atom stereocenters. The third-order valence-corrected chi connectivity index (χ3v) is 9.65. The minimum Gasteiger partial charge on any atom is -0.508 e. The molecule has 1 aliphatic heterocycles. The SMILES string of the molecule is CC(C)CN(C(=O)Cc1ccc(Cl)c(Cl)c1)[C@@H]1CC(O)[C@@H]2CN(CC3CC3)CC[C@@]2(c2cccc(O)c2)C1. The van der Waals surface area contributed by atoms with Gasteiger partial charge in [0.15, 0.2) is 0 Å². The van der Waals surface area contributed by atoms with Crippen molar-refractivity contribution in [1.29, 1.82) is 0 Å². The van der Waals surface area contributed by atoms with Gasteiger partial charge in [-0.15, -0.1) is 0 Å². The van der Waals surface area contributed by atoms with Gasteiger partial charge in [-0.3, -0.25) is 4.79 Å². The first-order chi connectivity index (χ1) is 18.1. The van der Waals surface area contributed by atoms with Gasteiger partial charge >= 0.3 is 0 Å². The van der Waals surface area contributed by atoms with E-state index in [9.17, 15) is 15.0 Å². The summed E-state index contributed by atoms with van der Waals surface area (Å²) < 4.78 is 0. The van der Waals surface area contributed by atoms with E-state index in [0.717, 1.165) is 49.5 Å². The van der Waals surface area contributed by atoms with Crippen LogP contribution in [0.25, 0.3) is 0 Å². The molecular formula is C31H40Cl2N2O3. The zero-order valence-electron chi connectivity index (χ0n) is 22.5. The normalized spacial score (nSPS) is 27.8. The maximum absolute atomic E-state index is 13.8. The highest BCUT2D eigenvalue weighted by Crippen LogP contribution is 2.51. The lowest BCUT2D eigenvalue weighted by Gasteiger charge is -2.56. The van der Waals surface area contributed by atoms with Gasteiger partial charge in [0.05, 0.1) is 22.6 Å². The molecule has 206 valence electrons. The monoisotopic (exact) mass is 558 g/mol. The fraction of sp³-hybridized carbons (Fsp3) is 0.581. The molecule has 1 amide bonds. The molecule has 0 spiro atoms. The van der Waals surface area contributed by atoms with Crippen LogP contribution in [-0.2, 0) is 16.6 Å². The maximum atomic E-state index is 13.8. The number of phenolic OH excluding ortho intramolecular Hbond substituents is 1. The first-order valence-electron chi connectivity index (χ1n) is 14.1. The first-order valence-corrected chi connectivity index (χ1v) is 14.8. The van der Waals surface area contributed by atoms with Gasteiger partial charge in [-0.1, -0.05) is 55.2 Å². The summed E-state index contributed by atoms with van der Waals surface area (Å²) in [4.78, 5) is 18.3. The van der Waals surface area contributed by atoms with E-state index in [0.29, 0.717) is 28.9 Å². The molecule has 4 atom stereocenters. The number of aliphatic hydroxyl groups is 1. The van der Waals surface area contributed by atoms with Crippen LogP contribution < -0.4 is 0 Å². The lowest BCUT2D eigenvalue weighted by Crippen LogP contribution is -2.62. The molecule has 7 heteroatoms. The topological polar surface area (TPSA) is 64.0 Å². The van der Waals surface area contributed by atoms with Crippen LogP contribution in [-0.4, -0.2) is 64.2 Å². The largest absolute Gasteiger partial charge is 0.508 e. The number of phenols is 1. The average molecular weight is 560 g/mol. The molecule has 0 bridgehead atoms. The fourth-order valence-electron chi connectivity index (χ4n) is 6.91. The number of piperidine rings is 1. The van der Waals surface area contributed by atoms with Crippen molar-refractivity contribution in [2.24, 2.45) is 17.8 Å². The lowest BCUT2D eigenvalue weighted by atomic mass is 9.56. The number of nitrogens with zero attached hydrogens (tertiary/aromatic N) is 2. The minimum absolute atomic E-state index is 0.0463. The van der Waals surface area contributed by atoms with Crippen molar-refractivity contribution in [2.45, 2.75) is 69.9 Å². The van der Waals surface area contributed by atoms with Gasteiger partial charge in [-0.25, -0.2) is 0 Å². The molecule has 0 aromatic heterocycles. The number of hydrogen-bond acceptors (Lipinski definition) is 4. The molecule has 5 rings (SSSR count). The Kier molecular flexibility index (Phi) is 8.31. The number of likely N-dealkylation sites (tertiary alicyclic amines) is 1. The quantitative estimate of drug-likeness (QED) is 0.422. The summed E-state index contributed by atoms with van der Waals surface area (Å²) in [5.74, 6) is 1.46. The fourth-order valence-corrected chi connectivity index (χ4v) is 7.23. The number of carbonyl (C=O) groups is 1. The second-order valence-corrected chi connectivity index (χ2v) is 13.1. The summed E-state index contributed by atoms with van der Waals surface area (Å²) in [6.45, 7) is 7.84. The third-order valence-electron chi connectivity index (χ3n) is 8.91. The van der Waals surface area contributed by atoms with E-state index in [1.807, 2.05) is 23.1 Å². The molecule has 1 heterocycles. The molecule has 3 aliphatic rings. The lowest BCUT2D eigenvalue weighted by molar-refractivity contribution is -0.138. The van der Waals surface area contributed by atoms with Crippen molar-refractivity contribution >= 4 is 29.1 Å². The predicted molar refractivity (Wildman–Crippen MR) is 153 cm³/mol. The number of aliphatic hydroxyl groups excluding tert-OH is 1. The molecular weight excluding hydrogens is 519 g/mol. The van der Waals surface area contributed by atoms with Gasteiger partial charge < -0.3 is 20.0 Å². The summed E-state index contributed by atoms with van der Waals surface area (Å²) in [6, 6.07) is 12.9. The molecule has 1 saturated heterocycles. The Bertz CT molecular complexity index is 1150. The van der Waals surface area contributed by atoms with Crippen molar-refractivity contribution in [3.63, 3.8) is 0 Å². The molecule has 2 aromatic rings.